The van der Waals surface area contributed by atoms with Crippen LogP contribution in [0.5, 0.6) is 0 Å². The molecule has 154 valence electrons. The van der Waals surface area contributed by atoms with Crippen molar-refractivity contribution < 1.29 is 14.1 Å². The molecule has 0 radical (unpaired) electrons. The SMILES string of the molecule is CC(C)N=Nn1ncc(-c2cc[n+](CCC(=O)OCc3ccccc3)cc2)nc1=N. The lowest BCUT2D eigenvalue weighted by Gasteiger charge is -2.04. The van der Waals surface area contributed by atoms with Crippen molar-refractivity contribution in [2.75, 3.05) is 0 Å². The third-order valence-electron chi connectivity index (χ3n) is 4.08. The van der Waals surface area contributed by atoms with Crippen molar-refractivity contribution in [1.82, 2.24) is 14.9 Å². The Morgan fingerprint density at radius 2 is 1.93 bits per heavy atom. The predicted octanol–water partition coefficient (Wildman–Crippen LogP) is 2.47. The molecule has 0 bridgehead atoms. The highest BCUT2D eigenvalue weighted by Gasteiger charge is 2.10. The van der Waals surface area contributed by atoms with Gasteiger partial charge in [0.1, 0.15) is 13.0 Å². The average Bonchev–Trinajstić information content (AvgIpc) is 2.76. The molecule has 0 unspecified atom stereocenters. The van der Waals surface area contributed by atoms with Crippen LogP contribution in [0.2, 0.25) is 0 Å². The first kappa shape index (κ1) is 21.0. The summed E-state index contributed by atoms with van der Waals surface area (Å²) in [6.07, 6.45) is 5.52. The van der Waals surface area contributed by atoms with Gasteiger partial charge in [-0.3, -0.25) is 10.2 Å². The second-order valence-electron chi connectivity index (χ2n) is 6.87. The number of esters is 1. The highest BCUT2D eigenvalue weighted by molar-refractivity contribution is 5.69. The summed E-state index contributed by atoms with van der Waals surface area (Å²) >= 11 is 0. The first-order valence-electron chi connectivity index (χ1n) is 9.62. The molecule has 2 aromatic heterocycles. The lowest BCUT2D eigenvalue weighted by molar-refractivity contribution is -0.695. The van der Waals surface area contributed by atoms with Crippen LogP contribution in [0.1, 0.15) is 25.8 Å². The summed E-state index contributed by atoms with van der Waals surface area (Å²) in [6.45, 7) is 4.56. The van der Waals surface area contributed by atoms with Crippen molar-refractivity contribution in [2.45, 2.75) is 39.5 Å². The Bertz CT molecular complexity index is 1060. The van der Waals surface area contributed by atoms with E-state index in [1.165, 1.54) is 6.20 Å². The molecule has 2 heterocycles. The summed E-state index contributed by atoms with van der Waals surface area (Å²) in [5.74, 6) is -0.247. The number of carbonyl (C=O) groups is 1. The minimum Gasteiger partial charge on any atom is -0.461 e. The number of ether oxygens (including phenoxy) is 1. The molecule has 0 aliphatic rings. The van der Waals surface area contributed by atoms with Gasteiger partial charge in [0, 0.05) is 17.7 Å². The number of pyridine rings is 1. The fraction of sp³-hybridized carbons (Fsp3) is 0.286. The Balaban J connectivity index is 1.55. The normalized spacial score (nSPS) is 11.2. The maximum atomic E-state index is 11.9. The van der Waals surface area contributed by atoms with E-state index in [-0.39, 0.29) is 30.7 Å². The van der Waals surface area contributed by atoms with Crippen molar-refractivity contribution in [2.24, 2.45) is 10.3 Å². The van der Waals surface area contributed by atoms with Crippen molar-refractivity contribution in [3.8, 4) is 11.3 Å². The fourth-order valence-electron chi connectivity index (χ4n) is 2.52. The van der Waals surface area contributed by atoms with Crippen LogP contribution in [0.3, 0.4) is 0 Å². The molecule has 3 aromatic rings. The highest BCUT2D eigenvalue weighted by atomic mass is 16.5. The van der Waals surface area contributed by atoms with E-state index in [0.717, 1.165) is 15.9 Å². The van der Waals surface area contributed by atoms with Crippen LogP contribution >= 0.6 is 0 Å². The van der Waals surface area contributed by atoms with Gasteiger partial charge in [0.2, 0.25) is 0 Å². The van der Waals surface area contributed by atoms with E-state index in [0.29, 0.717) is 12.2 Å². The topological polar surface area (TPSA) is 109 Å². The van der Waals surface area contributed by atoms with Crippen LogP contribution in [0.15, 0.2) is 71.4 Å². The smallest absolute Gasteiger partial charge is 0.312 e. The molecule has 0 fully saturated rings. The first-order valence-corrected chi connectivity index (χ1v) is 9.62. The summed E-state index contributed by atoms with van der Waals surface area (Å²) in [4.78, 5) is 17.2. The molecule has 0 aliphatic carbocycles. The molecule has 0 saturated heterocycles. The Morgan fingerprint density at radius 3 is 2.60 bits per heavy atom. The summed E-state index contributed by atoms with van der Waals surface area (Å²) in [5.41, 5.74) is 2.24. The molecule has 3 rings (SSSR count). The predicted molar refractivity (Wildman–Crippen MR) is 108 cm³/mol. The number of carbonyl (C=O) groups excluding carboxylic acids is 1. The Hall–Kier alpha value is -3.75. The van der Waals surface area contributed by atoms with Crippen LogP contribution in [-0.4, -0.2) is 26.9 Å². The lowest BCUT2D eigenvalue weighted by atomic mass is 10.2. The summed E-state index contributed by atoms with van der Waals surface area (Å²) < 4.78 is 7.18. The second kappa shape index (κ2) is 10.1. The molecular formula is C21H24N7O2+. The number of nitrogens with zero attached hydrogens (tertiary/aromatic N) is 6. The lowest BCUT2D eigenvalue weighted by Crippen LogP contribution is -2.34. The van der Waals surface area contributed by atoms with Gasteiger partial charge >= 0.3 is 5.97 Å². The summed E-state index contributed by atoms with van der Waals surface area (Å²) in [5, 5.41) is 19.9. The third kappa shape index (κ3) is 6.13. The number of aryl methyl sites for hydroxylation is 1. The minimum absolute atomic E-state index is 0.0126. The van der Waals surface area contributed by atoms with Crippen LogP contribution in [0.4, 0.5) is 0 Å². The van der Waals surface area contributed by atoms with Gasteiger partial charge in [-0.05, 0) is 24.6 Å². The van der Waals surface area contributed by atoms with Gasteiger partial charge in [0.05, 0.1) is 17.9 Å². The van der Waals surface area contributed by atoms with Crippen LogP contribution < -0.4 is 10.2 Å². The Morgan fingerprint density at radius 1 is 1.20 bits per heavy atom. The van der Waals surface area contributed by atoms with E-state index in [1.807, 2.05) is 73.3 Å². The van der Waals surface area contributed by atoms with E-state index < -0.39 is 0 Å². The molecular weight excluding hydrogens is 382 g/mol. The van der Waals surface area contributed by atoms with Crippen molar-refractivity contribution >= 4 is 5.97 Å². The molecule has 0 atom stereocenters. The van der Waals surface area contributed by atoms with Gasteiger partial charge in [0.25, 0.3) is 5.62 Å². The van der Waals surface area contributed by atoms with Gasteiger partial charge in [0.15, 0.2) is 18.9 Å². The molecule has 0 saturated carbocycles. The van der Waals surface area contributed by atoms with Crippen molar-refractivity contribution in [1.29, 1.82) is 5.41 Å². The number of nitrogens with one attached hydrogen (secondary N) is 1. The maximum absolute atomic E-state index is 11.9. The van der Waals surface area contributed by atoms with E-state index >= 15 is 0 Å². The van der Waals surface area contributed by atoms with E-state index in [2.05, 4.69) is 20.4 Å². The van der Waals surface area contributed by atoms with Gasteiger partial charge in [-0.15, -0.1) is 0 Å². The number of rotatable bonds is 8. The molecule has 9 nitrogen and oxygen atoms in total. The Kier molecular flexibility index (Phi) is 7.09. The zero-order chi connectivity index (χ0) is 21.3. The van der Waals surface area contributed by atoms with Gasteiger partial charge < -0.3 is 4.74 Å². The zero-order valence-corrected chi connectivity index (χ0v) is 17.0. The fourth-order valence-corrected chi connectivity index (χ4v) is 2.52. The van der Waals surface area contributed by atoms with Gasteiger partial charge in [-0.2, -0.15) is 10.2 Å². The summed E-state index contributed by atoms with van der Waals surface area (Å²) in [7, 11) is 0. The summed E-state index contributed by atoms with van der Waals surface area (Å²) in [6, 6.07) is 13.3. The highest BCUT2D eigenvalue weighted by Crippen LogP contribution is 2.11. The molecule has 30 heavy (non-hydrogen) atoms. The third-order valence-corrected chi connectivity index (χ3v) is 4.08. The van der Waals surface area contributed by atoms with Gasteiger partial charge in [-0.25, -0.2) is 9.55 Å². The molecule has 0 amide bonds. The van der Waals surface area contributed by atoms with Crippen molar-refractivity contribution in [3.05, 3.63) is 72.2 Å². The second-order valence-corrected chi connectivity index (χ2v) is 6.87. The molecule has 1 N–H and O–H groups in total. The van der Waals surface area contributed by atoms with Crippen LogP contribution in [-0.2, 0) is 22.7 Å². The van der Waals surface area contributed by atoms with Crippen LogP contribution in [0, 0.1) is 5.41 Å². The number of hydrogen-bond donors (Lipinski definition) is 1. The number of benzene rings is 1. The molecule has 0 spiro atoms. The molecule has 9 heteroatoms. The first-order chi connectivity index (χ1) is 14.5. The quantitative estimate of drug-likeness (QED) is 0.352. The van der Waals surface area contributed by atoms with Crippen LogP contribution in [0.25, 0.3) is 11.3 Å². The number of aromatic nitrogens is 4. The largest absolute Gasteiger partial charge is 0.461 e. The standard InChI is InChI=1S/C21H24N7O2/c1-16(2)25-26-28-21(22)24-19(14-23-28)18-8-11-27(12-9-18)13-10-20(29)30-15-17-6-4-3-5-7-17/h3-9,11-12,14,16,22H,10,13,15H2,1-2H3/q+1. The maximum Gasteiger partial charge on any atom is 0.312 e. The van der Waals surface area contributed by atoms with Crippen molar-refractivity contribution in [3.63, 3.8) is 0 Å². The average molecular weight is 406 g/mol. The Labute approximate surface area is 174 Å². The monoisotopic (exact) mass is 406 g/mol. The number of hydrogen-bond acceptors (Lipinski definition) is 7. The zero-order valence-electron chi connectivity index (χ0n) is 17.0. The minimum atomic E-state index is -0.247. The molecule has 1 aromatic carbocycles. The van der Waals surface area contributed by atoms with E-state index in [4.69, 9.17) is 10.1 Å². The van der Waals surface area contributed by atoms with Gasteiger partial charge in [-0.1, -0.05) is 35.1 Å². The van der Waals surface area contributed by atoms with E-state index in [9.17, 15) is 4.79 Å². The van der Waals surface area contributed by atoms with E-state index in [1.54, 1.807) is 0 Å². The molecule has 0 aliphatic heterocycles.